The van der Waals surface area contributed by atoms with Crippen LogP contribution < -0.4 is 0 Å². The molecule has 0 saturated carbocycles. The number of H-pyrrole nitrogens is 1. The minimum Gasteiger partial charge on any atom is -0.348 e. The van der Waals surface area contributed by atoms with E-state index in [2.05, 4.69) is 34.0 Å². The maximum atomic E-state index is 4.43. The van der Waals surface area contributed by atoms with Crippen molar-refractivity contribution in [1.29, 1.82) is 0 Å². The standard InChI is InChI=1S/C15H21N7/c1-20-7-4-17-14(20)10-22(6-3-13-9-16-12-19-13)11-15-18-5-8-21(15)2/h4-5,7-9,12H,3,6,10-11H2,1-2H3,(H,16,19). The van der Waals surface area contributed by atoms with Crippen molar-refractivity contribution in [3.8, 4) is 0 Å². The lowest BCUT2D eigenvalue weighted by Gasteiger charge is -2.21. The summed E-state index contributed by atoms with van der Waals surface area (Å²) in [6.45, 7) is 2.51. The zero-order valence-corrected chi connectivity index (χ0v) is 13.0. The topological polar surface area (TPSA) is 67.6 Å². The summed E-state index contributed by atoms with van der Waals surface area (Å²) in [4.78, 5) is 18.4. The van der Waals surface area contributed by atoms with Crippen LogP contribution in [0, 0.1) is 0 Å². The molecule has 0 aromatic carbocycles. The Hall–Kier alpha value is -2.41. The fourth-order valence-electron chi connectivity index (χ4n) is 2.41. The first-order chi connectivity index (χ1) is 10.7. The Balaban J connectivity index is 1.69. The molecule has 1 N–H and O–H groups in total. The third kappa shape index (κ3) is 3.43. The van der Waals surface area contributed by atoms with Gasteiger partial charge in [-0.3, -0.25) is 4.90 Å². The van der Waals surface area contributed by atoms with Gasteiger partial charge >= 0.3 is 0 Å². The molecule has 0 bridgehead atoms. The van der Waals surface area contributed by atoms with Crippen molar-refractivity contribution in [3.05, 3.63) is 54.7 Å². The van der Waals surface area contributed by atoms with Gasteiger partial charge in [0, 0.05) is 63.7 Å². The van der Waals surface area contributed by atoms with E-state index in [0.29, 0.717) is 0 Å². The number of hydrogen-bond donors (Lipinski definition) is 1. The van der Waals surface area contributed by atoms with Gasteiger partial charge in [0.1, 0.15) is 11.6 Å². The summed E-state index contributed by atoms with van der Waals surface area (Å²) in [6.07, 6.45) is 12.1. The van der Waals surface area contributed by atoms with Gasteiger partial charge in [-0.15, -0.1) is 0 Å². The predicted octanol–water partition coefficient (Wildman–Crippen LogP) is 1.12. The maximum Gasteiger partial charge on any atom is 0.122 e. The molecule has 22 heavy (non-hydrogen) atoms. The summed E-state index contributed by atoms with van der Waals surface area (Å²) >= 11 is 0. The number of nitrogens with one attached hydrogen (secondary N) is 1. The highest BCUT2D eigenvalue weighted by Crippen LogP contribution is 2.08. The molecular formula is C15H21N7. The molecule has 116 valence electrons. The van der Waals surface area contributed by atoms with E-state index in [4.69, 9.17) is 0 Å². The first kappa shape index (κ1) is 14.5. The zero-order valence-electron chi connectivity index (χ0n) is 13.0. The molecule has 0 amide bonds. The van der Waals surface area contributed by atoms with Gasteiger partial charge in [-0.2, -0.15) is 0 Å². The van der Waals surface area contributed by atoms with Crippen LogP contribution in [0.3, 0.4) is 0 Å². The van der Waals surface area contributed by atoms with Crippen molar-refractivity contribution in [3.63, 3.8) is 0 Å². The number of imidazole rings is 3. The van der Waals surface area contributed by atoms with Crippen LogP contribution in [0.1, 0.15) is 17.3 Å². The first-order valence-corrected chi connectivity index (χ1v) is 7.34. The average molecular weight is 299 g/mol. The number of aromatic nitrogens is 6. The van der Waals surface area contributed by atoms with Crippen LogP contribution in [0.2, 0.25) is 0 Å². The second-order valence-electron chi connectivity index (χ2n) is 5.45. The molecule has 0 saturated heterocycles. The van der Waals surface area contributed by atoms with Gasteiger partial charge in [0.05, 0.1) is 19.4 Å². The first-order valence-electron chi connectivity index (χ1n) is 7.34. The van der Waals surface area contributed by atoms with Crippen LogP contribution >= 0.6 is 0 Å². The quantitative estimate of drug-likeness (QED) is 0.710. The molecule has 3 aromatic heterocycles. The molecule has 0 aliphatic rings. The summed E-state index contributed by atoms with van der Waals surface area (Å²) in [5.41, 5.74) is 1.14. The largest absolute Gasteiger partial charge is 0.348 e. The number of rotatable bonds is 7. The van der Waals surface area contributed by atoms with Gasteiger partial charge in [-0.1, -0.05) is 0 Å². The smallest absolute Gasteiger partial charge is 0.122 e. The van der Waals surface area contributed by atoms with Gasteiger partial charge in [0.25, 0.3) is 0 Å². The maximum absolute atomic E-state index is 4.43. The summed E-state index contributed by atoms with van der Waals surface area (Å²) in [6, 6.07) is 0. The molecule has 7 nitrogen and oxygen atoms in total. The number of nitrogens with zero attached hydrogens (tertiary/aromatic N) is 6. The second-order valence-corrected chi connectivity index (χ2v) is 5.45. The highest BCUT2D eigenvalue weighted by Gasteiger charge is 2.13. The minimum atomic E-state index is 0.796. The van der Waals surface area contributed by atoms with E-state index in [1.54, 1.807) is 6.33 Å². The van der Waals surface area contributed by atoms with Crippen LogP contribution in [0.25, 0.3) is 0 Å². The Morgan fingerprint density at radius 1 is 1.05 bits per heavy atom. The van der Waals surface area contributed by atoms with Crippen LogP contribution in [-0.2, 0) is 33.6 Å². The van der Waals surface area contributed by atoms with Crippen LogP contribution in [-0.4, -0.2) is 40.5 Å². The average Bonchev–Trinajstić information content (AvgIpc) is 3.22. The predicted molar refractivity (Wildman–Crippen MR) is 82.8 cm³/mol. The number of aromatic amines is 1. The Labute approximate surface area is 129 Å². The Kier molecular flexibility index (Phi) is 4.34. The zero-order chi connectivity index (χ0) is 15.4. The molecule has 7 heteroatoms. The molecule has 0 radical (unpaired) electrons. The fourth-order valence-corrected chi connectivity index (χ4v) is 2.41. The molecule has 0 fully saturated rings. The Bertz CT molecular complexity index is 653. The van der Waals surface area contributed by atoms with Crippen LogP contribution in [0.15, 0.2) is 37.3 Å². The Morgan fingerprint density at radius 2 is 1.68 bits per heavy atom. The van der Waals surface area contributed by atoms with Crippen molar-refractivity contribution in [2.24, 2.45) is 14.1 Å². The highest BCUT2D eigenvalue weighted by molar-refractivity contribution is 4.98. The monoisotopic (exact) mass is 299 g/mol. The van der Waals surface area contributed by atoms with E-state index < -0.39 is 0 Å². The van der Waals surface area contributed by atoms with E-state index >= 15 is 0 Å². The van der Waals surface area contributed by atoms with Gasteiger partial charge in [0.15, 0.2) is 0 Å². The van der Waals surface area contributed by atoms with Crippen molar-refractivity contribution >= 4 is 0 Å². The van der Waals surface area contributed by atoms with Crippen LogP contribution in [0.4, 0.5) is 0 Å². The summed E-state index contributed by atoms with van der Waals surface area (Å²) in [7, 11) is 4.05. The van der Waals surface area contributed by atoms with E-state index in [1.807, 2.05) is 45.1 Å². The van der Waals surface area contributed by atoms with Gasteiger partial charge in [-0.05, 0) is 0 Å². The number of aryl methyl sites for hydroxylation is 2. The molecule has 0 atom stereocenters. The summed E-state index contributed by atoms with van der Waals surface area (Å²) in [5, 5.41) is 0. The molecule has 3 aromatic rings. The third-order valence-corrected chi connectivity index (χ3v) is 3.82. The van der Waals surface area contributed by atoms with Crippen molar-refractivity contribution in [2.45, 2.75) is 19.5 Å². The van der Waals surface area contributed by atoms with Crippen LogP contribution in [0.5, 0.6) is 0 Å². The lowest BCUT2D eigenvalue weighted by atomic mass is 10.3. The fraction of sp³-hybridized carbons (Fsp3) is 0.400. The molecule has 0 spiro atoms. The second kappa shape index (κ2) is 6.57. The Morgan fingerprint density at radius 3 is 2.14 bits per heavy atom. The van der Waals surface area contributed by atoms with E-state index in [-0.39, 0.29) is 0 Å². The van der Waals surface area contributed by atoms with Crippen molar-refractivity contribution in [1.82, 2.24) is 34.0 Å². The van der Waals surface area contributed by atoms with E-state index in [1.165, 1.54) is 0 Å². The molecule has 0 unspecified atom stereocenters. The molecular weight excluding hydrogens is 278 g/mol. The molecule has 0 aliphatic carbocycles. The minimum absolute atomic E-state index is 0.796. The summed E-state index contributed by atoms with van der Waals surface area (Å²) < 4.78 is 4.11. The van der Waals surface area contributed by atoms with Gasteiger partial charge < -0.3 is 14.1 Å². The lowest BCUT2D eigenvalue weighted by Crippen LogP contribution is -2.28. The lowest BCUT2D eigenvalue weighted by molar-refractivity contribution is 0.242. The molecule has 3 rings (SSSR count). The SMILES string of the molecule is Cn1ccnc1CN(CCc1cnc[nH]1)Cc1nccn1C. The number of hydrogen-bond acceptors (Lipinski definition) is 4. The third-order valence-electron chi connectivity index (χ3n) is 3.82. The highest BCUT2D eigenvalue weighted by atomic mass is 15.2. The van der Waals surface area contributed by atoms with E-state index in [0.717, 1.165) is 43.4 Å². The van der Waals surface area contributed by atoms with E-state index in [9.17, 15) is 0 Å². The molecule has 0 aliphatic heterocycles. The normalized spacial score (nSPS) is 11.4. The van der Waals surface area contributed by atoms with Crippen molar-refractivity contribution < 1.29 is 0 Å². The summed E-state index contributed by atoms with van der Waals surface area (Å²) in [5.74, 6) is 2.11. The van der Waals surface area contributed by atoms with Gasteiger partial charge in [-0.25, -0.2) is 15.0 Å². The van der Waals surface area contributed by atoms with Crippen molar-refractivity contribution in [2.75, 3.05) is 6.54 Å². The molecule has 3 heterocycles. The van der Waals surface area contributed by atoms with Gasteiger partial charge in [0.2, 0.25) is 0 Å².